The van der Waals surface area contributed by atoms with Crippen molar-refractivity contribution in [1.29, 1.82) is 0 Å². The van der Waals surface area contributed by atoms with Crippen molar-refractivity contribution < 1.29 is 18.3 Å². The Morgan fingerprint density at radius 3 is 2.66 bits per heavy atom. The van der Waals surface area contributed by atoms with Gasteiger partial charge in [-0.3, -0.25) is 0 Å². The smallest absolute Gasteiger partial charge is 0.271 e. The molecule has 0 aliphatic rings. The first-order valence-electron chi connectivity index (χ1n) is 8.41. The molecule has 0 unspecified atom stereocenters. The summed E-state index contributed by atoms with van der Waals surface area (Å²) in [5.41, 5.74) is 2.42. The van der Waals surface area contributed by atoms with Gasteiger partial charge in [-0.15, -0.1) is 10.2 Å². The second-order valence-corrected chi connectivity index (χ2v) is 6.53. The van der Waals surface area contributed by atoms with E-state index in [0.29, 0.717) is 27.4 Å². The predicted molar refractivity (Wildman–Crippen MR) is 101 cm³/mol. The standard InChI is InChI=1S/C17H16ClF2N7O2/c1-26-9-6-8(18)17(29-3)22-10(9)11(27-5-4-21-7-27)12(26)15-23-16(25-24-15)13(28-2)14(19)20/h4-7,13-14H,1-3H3,(H,23,24,25)/t13-/m1/s1. The van der Waals surface area contributed by atoms with Gasteiger partial charge in [0.1, 0.15) is 21.9 Å². The molecule has 4 heterocycles. The third kappa shape index (κ3) is 3.12. The molecule has 152 valence electrons. The highest BCUT2D eigenvalue weighted by Crippen LogP contribution is 2.37. The Kier molecular flexibility index (Phi) is 4.92. The maximum Gasteiger partial charge on any atom is 0.271 e. The van der Waals surface area contributed by atoms with Crippen LogP contribution in [0.3, 0.4) is 0 Å². The summed E-state index contributed by atoms with van der Waals surface area (Å²) in [6.45, 7) is 0. The molecular formula is C17H16ClF2N7O2. The van der Waals surface area contributed by atoms with Gasteiger partial charge in [0, 0.05) is 26.6 Å². The van der Waals surface area contributed by atoms with Crippen molar-refractivity contribution >= 4 is 22.6 Å². The van der Waals surface area contributed by atoms with Gasteiger partial charge in [-0.25, -0.2) is 18.7 Å². The minimum atomic E-state index is -2.76. The molecule has 0 aliphatic carbocycles. The van der Waals surface area contributed by atoms with Crippen LogP contribution >= 0.6 is 11.6 Å². The fourth-order valence-corrected chi connectivity index (χ4v) is 3.40. The lowest BCUT2D eigenvalue weighted by atomic mass is 10.3. The summed E-state index contributed by atoms with van der Waals surface area (Å²) in [7, 11) is 4.44. The van der Waals surface area contributed by atoms with Crippen LogP contribution in [0, 0.1) is 0 Å². The van der Waals surface area contributed by atoms with Gasteiger partial charge in [0.05, 0.1) is 19.0 Å². The number of halogens is 3. The number of ether oxygens (including phenoxy) is 2. The Balaban J connectivity index is 1.99. The molecule has 4 aromatic rings. The summed E-state index contributed by atoms with van der Waals surface area (Å²) in [4.78, 5) is 11.4. The highest BCUT2D eigenvalue weighted by Gasteiger charge is 2.28. The van der Waals surface area contributed by atoms with E-state index in [1.54, 1.807) is 41.0 Å². The number of nitrogens with zero attached hydrogens (tertiary/aromatic N) is 6. The van der Waals surface area contributed by atoms with Crippen molar-refractivity contribution in [2.24, 2.45) is 7.05 Å². The number of hydrogen-bond donors (Lipinski definition) is 1. The first-order chi connectivity index (χ1) is 14.0. The topological polar surface area (TPSA) is 95.7 Å². The van der Waals surface area contributed by atoms with E-state index in [-0.39, 0.29) is 17.5 Å². The van der Waals surface area contributed by atoms with Gasteiger partial charge in [0.25, 0.3) is 6.43 Å². The van der Waals surface area contributed by atoms with E-state index in [2.05, 4.69) is 25.1 Å². The van der Waals surface area contributed by atoms with Gasteiger partial charge in [-0.05, 0) is 6.07 Å². The number of methoxy groups -OCH3 is 2. The molecular weight excluding hydrogens is 408 g/mol. The van der Waals surface area contributed by atoms with Crippen molar-refractivity contribution in [3.63, 3.8) is 0 Å². The molecule has 0 amide bonds. The monoisotopic (exact) mass is 423 g/mol. The largest absolute Gasteiger partial charge is 0.480 e. The van der Waals surface area contributed by atoms with E-state index in [4.69, 9.17) is 21.1 Å². The quantitative estimate of drug-likeness (QED) is 0.512. The molecule has 0 saturated heterocycles. The zero-order valence-corrected chi connectivity index (χ0v) is 16.4. The van der Waals surface area contributed by atoms with Gasteiger partial charge >= 0.3 is 0 Å². The molecule has 1 atom stereocenters. The first-order valence-corrected chi connectivity index (χ1v) is 8.79. The molecule has 0 saturated carbocycles. The second kappa shape index (κ2) is 7.41. The molecule has 4 aromatic heterocycles. The molecule has 0 bridgehead atoms. The van der Waals surface area contributed by atoms with Crippen LogP contribution in [0.5, 0.6) is 5.88 Å². The summed E-state index contributed by atoms with van der Waals surface area (Å²) in [5, 5.41) is 8.25. The maximum absolute atomic E-state index is 13.2. The van der Waals surface area contributed by atoms with Crippen molar-refractivity contribution in [3.8, 4) is 23.1 Å². The molecule has 0 radical (unpaired) electrons. The number of rotatable bonds is 6. The molecule has 29 heavy (non-hydrogen) atoms. The van der Waals surface area contributed by atoms with Crippen LogP contribution in [0.15, 0.2) is 24.8 Å². The number of hydrogen-bond acceptors (Lipinski definition) is 6. The molecule has 1 N–H and O–H groups in total. The Bertz CT molecular complexity index is 1160. The summed E-state index contributed by atoms with van der Waals surface area (Å²) in [6, 6.07) is 1.71. The van der Waals surface area contributed by atoms with Gasteiger partial charge < -0.3 is 23.6 Å². The van der Waals surface area contributed by atoms with Crippen molar-refractivity contribution in [2.75, 3.05) is 14.2 Å². The van der Waals surface area contributed by atoms with Gasteiger partial charge in [-0.2, -0.15) is 0 Å². The number of H-pyrrole nitrogens is 1. The van der Waals surface area contributed by atoms with Crippen molar-refractivity contribution in [3.05, 3.63) is 35.6 Å². The average molecular weight is 424 g/mol. The molecule has 0 aliphatic heterocycles. The average Bonchev–Trinajstić information content (AvgIpc) is 3.42. The number of aromatic amines is 1. The van der Waals surface area contributed by atoms with Crippen LogP contribution in [0.1, 0.15) is 11.9 Å². The fraction of sp³-hybridized carbons (Fsp3) is 0.294. The first kappa shape index (κ1) is 19.3. The van der Waals surface area contributed by atoms with Crippen LogP contribution in [0.4, 0.5) is 8.78 Å². The van der Waals surface area contributed by atoms with Crippen molar-refractivity contribution in [2.45, 2.75) is 12.5 Å². The summed E-state index contributed by atoms with van der Waals surface area (Å²) in [5.74, 6) is 0.443. The number of aryl methyl sites for hydroxylation is 1. The molecule has 0 aromatic carbocycles. The highest BCUT2D eigenvalue weighted by molar-refractivity contribution is 6.32. The number of nitrogens with one attached hydrogen (secondary N) is 1. The van der Waals surface area contributed by atoms with Crippen molar-refractivity contribution in [1.82, 2.24) is 34.3 Å². The van der Waals surface area contributed by atoms with E-state index in [1.807, 2.05) is 0 Å². The van der Waals surface area contributed by atoms with E-state index in [9.17, 15) is 8.78 Å². The summed E-state index contributed by atoms with van der Waals surface area (Å²) in [6.07, 6.45) is 0.658. The summed E-state index contributed by atoms with van der Waals surface area (Å²) < 4.78 is 40.0. The third-order valence-corrected chi connectivity index (χ3v) is 4.78. The lowest BCUT2D eigenvalue weighted by molar-refractivity contribution is -0.0388. The van der Waals surface area contributed by atoms with Crippen LogP contribution in [-0.2, 0) is 11.8 Å². The number of fused-ring (bicyclic) bond motifs is 1. The Morgan fingerprint density at radius 2 is 2.03 bits per heavy atom. The molecule has 12 heteroatoms. The lowest BCUT2D eigenvalue weighted by Gasteiger charge is -2.10. The van der Waals surface area contributed by atoms with Gasteiger partial charge in [0.2, 0.25) is 5.88 Å². The third-order valence-electron chi connectivity index (χ3n) is 4.51. The van der Waals surface area contributed by atoms with Gasteiger partial charge in [0.15, 0.2) is 17.8 Å². The normalized spacial score (nSPS) is 12.8. The van der Waals surface area contributed by atoms with Crippen LogP contribution in [0.2, 0.25) is 5.02 Å². The minimum Gasteiger partial charge on any atom is -0.480 e. The van der Waals surface area contributed by atoms with Crippen LogP contribution in [0.25, 0.3) is 28.2 Å². The van der Waals surface area contributed by atoms with E-state index in [0.717, 1.165) is 0 Å². The lowest BCUT2D eigenvalue weighted by Crippen LogP contribution is -2.13. The highest BCUT2D eigenvalue weighted by atomic mass is 35.5. The fourth-order valence-electron chi connectivity index (χ4n) is 3.18. The summed E-state index contributed by atoms with van der Waals surface area (Å²) >= 11 is 6.25. The van der Waals surface area contributed by atoms with E-state index < -0.39 is 12.5 Å². The number of alkyl halides is 2. The zero-order valence-electron chi connectivity index (χ0n) is 15.6. The Hall–Kier alpha value is -3.05. The van der Waals surface area contributed by atoms with Crippen LogP contribution in [-0.4, -0.2) is 54.9 Å². The minimum absolute atomic E-state index is 0.0806. The molecule has 0 fully saturated rings. The number of imidazole rings is 1. The van der Waals surface area contributed by atoms with Crippen LogP contribution < -0.4 is 4.74 Å². The maximum atomic E-state index is 13.2. The molecule has 0 spiro atoms. The SMILES string of the molecule is COc1nc2c(-n3ccnc3)c(-c3nnc([C@H](OC)C(F)F)[nH]3)n(C)c2cc1Cl. The van der Waals surface area contributed by atoms with E-state index >= 15 is 0 Å². The second-order valence-electron chi connectivity index (χ2n) is 6.12. The molecule has 4 rings (SSSR count). The number of pyridine rings is 1. The Morgan fingerprint density at radius 1 is 1.24 bits per heavy atom. The van der Waals surface area contributed by atoms with E-state index in [1.165, 1.54) is 14.2 Å². The Labute approximate surface area is 168 Å². The van der Waals surface area contributed by atoms with Gasteiger partial charge in [-0.1, -0.05) is 11.6 Å². The number of aromatic nitrogens is 7. The zero-order chi connectivity index (χ0) is 20.7. The predicted octanol–water partition coefficient (Wildman–Crippen LogP) is 3.16. The molecule has 9 nitrogen and oxygen atoms in total.